The molecule has 126 valence electrons. The van der Waals surface area contributed by atoms with Crippen LogP contribution in [0.25, 0.3) is 17.0 Å². The molecule has 0 aliphatic heterocycles. The van der Waals surface area contributed by atoms with Crippen LogP contribution in [0.1, 0.15) is 18.3 Å². The van der Waals surface area contributed by atoms with Crippen LogP contribution in [0.2, 0.25) is 0 Å². The van der Waals surface area contributed by atoms with E-state index in [9.17, 15) is 9.59 Å². The topological polar surface area (TPSA) is 66.1 Å². The molecular weight excluding hydrogens is 314 g/mol. The number of fused-ring (bicyclic) bond motifs is 1. The van der Waals surface area contributed by atoms with Crippen molar-refractivity contribution in [2.24, 2.45) is 0 Å². The SMILES string of the molecule is CCN(Cc1nc2ccccc2c(=O)[nH]1)C(=O)C=Cc1ccccc1. The summed E-state index contributed by atoms with van der Waals surface area (Å²) in [6, 6.07) is 16.8. The lowest BCUT2D eigenvalue weighted by Gasteiger charge is -2.18. The number of carbonyl (C=O) groups excluding carboxylic acids is 1. The fourth-order valence-electron chi connectivity index (χ4n) is 2.57. The van der Waals surface area contributed by atoms with Gasteiger partial charge in [-0.1, -0.05) is 42.5 Å². The highest BCUT2D eigenvalue weighted by molar-refractivity contribution is 5.91. The summed E-state index contributed by atoms with van der Waals surface area (Å²) >= 11 is 0. The van der Waals surface area contributed by atoms with Gasteiger partial charge in [-0.3, -0.25) is 9.59 Å². The van der Waals surface area contributed by atoms with Crippen molar-refractivity contribution in [1.29, 1.82) is 0 Å². The molecule has 1 heterocycles. The third-order valence-electron chi connectivity index (χ3n) is 3.91. The molecule has 1 N–H and O–H groups in total. The number of nitrogens with one attached hydrogen (secondary N) is 1. The van der Waals surface area contributed by atoms with E-state index in [1.54, 1.807) is 29.2 Å². The zero-order valence-electron chi connectivity index (χ0n) is 14.0. The maximum atomic E-state index is 12.4. The van der Waals surface area contributed by atoms with Gasteiger partial charge in [-0.15, -0.1) is 0 Å². The Hall–Kier alpha value is -3.21. The van der Waals surface area contributed by atoms with Crippen LogP contribution in [0.15, 0.2) is 65.5 Å². The van der Waals surface area contributed by atoms with Crippen molar-refractivity contribution in [2.45, 2.75) is 13.5 Å². The quantitative estimate of drug-likeness (QED) is 0.730. The van der Waals surface area contributed by atoms with Gasteiger partial charge in [0.2, 0.25) is 5.91 Å². The average Bonchev–Trinajstić information content (AvgIpc) is 2.65. The molecule has 25 heavy (non-hydrogen) atoms. The molecule has 0 spiro atoms. The molecule has 1 aromatic heterocycles. The Bertz CT molecular complexity index is 961. The summed E-state index contributed by atoms with van der Waals surface area (Å²) in [4.78, 5) is 33.4. The van der Waals surface area contributed by atoms with Crippen LogP contribution >= 0.6 is 0 Å². The third kappa shape index (κ3) is 4.01. The zero-order chi connectivity index (χ0) is 17.6. The third-order valence-corrected chi connectivity index (χ3v) is 3.91. The second kappa shape index (κ2) is 7.57. The van der Waals surface area contributed by atoms with Gasteiger partial charge in [0.05, 0.1) is 17.4 Å². The minimum atomic E-state index is -0.191. The number of benzene rings is 2. The number of aromatic amines is 1. The van der Waals surface area contributed by atoms with Gasteiger partial charge >= 0.3 is 0 Å². The minimum Gasteiger partial charge on any atom is -0.332 e. The van der Waals surface area contributed by atoms with Gasteiger partial charge in [-0.05, 0) is 30.7 Å². The Morgan fingerprint density at radius 2 is 1.84 bits per heavy atom. The van der Waals surface area contributed by atoms with E-state index in [-0.39, 0.29) is 18.0 Å². The number of amides is 1. The van der Waals surface area contributed by atoms with Gasteiger partial charge in [0.15, 0.2) is 0 Å². The van der Waals surface area contributed by atoms with E-state index in [0.717, 1.165) is 5.56 Å². The van der Waals surface area contributed by atoms with Crippen molar-refractivity contribution in [2.75, 3.05) is 6.54 Å². The van der Waals surface area contributed by atoms with Gasteiger partial charge in [0, 0.05) is 12.6 Å². The molecule has 0 aliphatic rings. The number of para-hydroxylation sites is 1. The van der Waals surface area contributed by atoms with E-state index in [0.29, 0.717) is 23.3 Å². The number of aromatic nitrogens is 2. The number of likely N-dealkylation sites (N-methyl/N-ethyl adjacent to an activating group) is 1. The molecule has 0 aliphatic carbocycles. The normalized spacial score (nSPS) is 11.1. The van der Waals surface area contributed by atoms with E-state index >= 15 is 0 Å². The Kier molecular flexibility index (Phi) is 5.04. The van der Waals surface area contributed by atoms with Crippen LogP contribution < -0.4 is 5.56 Å². The highest BCUT2D eigenvalue weighted by atomic mass is 16.2. The first-order valence-corrected chi connectivity index (χ1v) is 8.17. The molecule has 0 radical (unpaired) electrons. The molecule has 0 fully saturated rings. The van der Waals surface area contributed by atoms with Crippen molar-refractivity contribution in [3.05, 3.63) is 82.4 Å². The molecule has 3 rings (SSSR count). The summed E-state index contributed by atoms with van der Waals surface area (Å²) in [5.41, 5.74) is 1.40. The molecule has 5 nitrogen and oxygen atoms in total. The lowest BCUT2D eigenvalue weighted by atomic mass is 10.2. The van der Waals surface area contributed by atoms with Crippen molar-refractivity contribution in [3.8, 4) is 0 Å². The second-order valence-corrected chi connectivity index (χ2v) is 5.63. The highest BCUT2D eigenvalue weighted by Crippen LogP contribution is 2.08. The summed E-state index contributed by atoms with van der Waals surface area (Å²) in [5.74, 6) is 0.356. The lowest BCUT2D eigenvalue weighted by Crippen LogP contribution is -2.30. The van der Waals surface area contributed by atoms with Gasteiger partial charge in [0.1, 0.15) is 5.82 Å². The standard InChI is InChI=1S/C20H19N3O2/c1-2-23(19(24)13-12-15-8-4-3-5-9-15)14-18-21-17-11-7-6-10-16(17)20(25)22-18/h3-13H,2,14H2,1H3,(H,21,22,25). The summed E-state index contributed by atoms with van der Waals surface area (Å²) < 4.78 is 0. The summed E-state index contributed by atoms with van der Waals surface area (Å²) in [6.45, 7) is 2.68. The predicted molar refractivity (Wildman–Crippen MR) is 98.9 cm³/mol. The van der Waals surface area contributed by atoms with E-state index in [1.165, 1.54) is 6.08 Å². The Balaban J connectivity index is 1.79. The number of H-pyrrole nitrogens is 1. The second-order valence-electron chi connectivity index (χ2n) is 5.63. The molecule has 0 unspecified atom stereocenters. The fourth-order valence-corrected chi connectivity index (χ4v) is 2.57. The zero-order valence-corrected chi connectivity index (χ0v) is 14.0. The average molecular weight is 333 g/mol. The Labute approximate surface area is 145 Å². The van der Waals surface area contributed by atoms with Crippen LogP contribution in [0, 0.1) is 0 Å². The lowest BCUT2D eigenvalue weighted by molar-refractivity contribution is -0.126. The van der Waals surface area contributed by atoms with E-state index in [4.69, 9.17) is 0 Å². The van der Waals surface area contributed by atoms with E-state index in [1.807, 2.05) is 43.3 Å². The summed E-state index contributed by atoms with van der Waals surface area (Å²) in [6.07, 6.45) is 3.32. The van der Waals surface area contributed by atoms with Crippen molar-refractivity contribution in [1.82, 2.24) is 14.9 Å². The van der Waals surface area contributed by atoms with Crippen LogP contribution in [0.3, 0.4) is 0 Å². The first-order valence-electron chi connectivity index (χ1n) is 8.17. The summed E-state index contributed by atoms with van der Waals surface area (Å²) in [5, 5.41) is 0.546. The number of nitrogens with zero attached hydrogens (tertiary/aromatic N) is 2. The van der Waals surface area contributed by atoms with Gasteiger partial charge in [-0.25, -0.2) is 4.98 Å². The van der Waals surface area contributed by atoms with Gasteiger partial charge in [-0.2, -0.15) is 0 Å². The first kappa shape index (κ1) is 16.6. The maximum absolute atomic E-state index is 12.4. The van der Waals surface area contributed by atoms with Crippen molar-refractivity contribution < 1.29 is 4.79 Å². The molecule has 0 saturated carbocycles. The van der Waals surface area contributed by atoms with Crippen LogP contribution in [0.4, 0.5) is 0 Å². The first-order chi connectivity index (χ1) is 12.2. The van der Waals surface area contributed by atoms with E-state index < -0.39 is 0 Å². The predicted octanol–water partition coefficient (Wildman–Crippen LogP) is 2.99. The maximum Gasteiger partial charge on any atom is 0.258 e. The number of carbonyl (C=O) groups is 1. The molecule has 1 amide bonds. The fraction of sp³-hybridized carbons (Fsp3) is 0.150. The van der Waals surface area contributed by atoms with Gasteiger partial charge in [0.25, 0.3) is 5.56 Å². The smallest absolute Gasteiger partial charge is 0.258 e. The van der Waals surface area contributed by atoms with Crippen molar-refractivity contribution >= 4 is 22.9 Å². The minimum absolute atomic E-state index is 0.123. The molecule has 5 heteroatoms. The number of hydrogen-bond acceptors (Lipinski definition) is 3. The number of hydrogen-bond donors (Lipinski definition) is 1. The van der Waals surface area contributed by atoms with Crippen LogP contribution in [-0.4, -0.2) is 27.3 Å². The molecule has 0 bridgehead atoms. The number of rotatable bonds is 5. The monoisotopic (exact) mass is 333 g/mol. The molecule has 0 atom stereocenters. The molecular formula is C20H19N3O2. The Morgan fingerprint density at radius 1 is 1.12 bits per heavy atom. The van der Waals surface area contributed by atoms with Gasteiger partial charge < -0.3 is 9.88 Å². The molecule has 0 saturated heterocycles. The van der Waals surface area contributed by atoms with Crippen LogP contribution in [-0.2, 0) is 11.3 Å². The highest BCUT2D eigenvalue weighted by Gasteiger charge is 2.12. The Morgan fingerprint density at radius 3 is 2.60 bits per heavy atom. The molecule has 2 aromatic carbocycles. The van der Waals surface area contributed by atoms with E-state index in [2.05, 4.69) is 9.97 Å². The van der Waals surface area contributed by atoms with Crippen molar-refractivity contribution in [3.63, 3.8) is 0 Å². The van der Waals surface area contributed by atoms with Crippen LogP contribution in [0.5, 0.6) is 0 Å². The largest absolute Gasteiger partial charge is 0.332 e. The molecule has 3 aromatic rings. The summed E-state index contributed by atoms with van der Waals surface area (Å²) in [7, 11) is 0.